The number of rotatable bonds is 7. The number of anilines is 2. The number of hydrogen-bond donors (Lipinski definition) is 1. The van der Waals surface area contributed by atoms with Crippen LogP contribution in [0.2, 0.25) is 5.02 Å². The highest BCUT2D eigenvalue weighted by Gasteiger charge is 2.40. The Morgan fingerprint density at radius 1 is 0.971 bits per heavy atom. The second-order valence-corrected chi connectivity index (χ2v) is 8.94. The van der Waals surface area contributed by atoms with Crippen molar-refractivity contribution in [3.63, 3.8) is 0 Å². The molecular weight excluding hydrogens is 474 g/mol. The first kappa shape index (κ1) is 23.7. The molecule has 3 aromatic rings. The Morgan fingerprint density at radius 3 is 2.15 bits per heavy atom. The predicted molar refractivity (Wildman–Crippen MR) is 137 cm³/mol. The van der Waals surface area contributed by atoms with Crippen molar-refractivity contribution in [2.24, 2.45) is 4.99 Å². The number of nitrogens with one attached hydrogen (secondary N) is 1. The molecule has 7 nitrogen and oxygen atoms in total. The third-order valence-electron chi connectivity index (χ3n) is 5.06. The van der Waals surface area contributed by atoms with Gasteiger partial charge in [-0.2, -0.15) is 0 Å². The van der Waals surface area contributed by atoms with Gasteiger partial charge < -0.3 is 14.8 Å². The third-order valence-corrected chi connectivity index (χ3v) is 6.45. The molecule has 0 unspecified atom stereocenters. The molecular formula is C25H22ClN3O4S. The maximum atomic E-state index is 13.4. The zero-order valence-corrected chi connectivity index (χ0v) is 20.1. The standard InChI is InChI=1S/C25H22ClN3O4S/c1-32-20-11-7-18(8-12-20)28-25-29(19-9-13-21(33-2)14-10-19)24(31)22(34-25)15-23(30)27-17-5-3-16(26)4-6-17/h3-14,22H,15H2,1-2H3,(H,27,30)/t22-/m1/s1. The number of methoxy groups -OCH3 is 2. The van der Waals surface area contributed by atoms with E-state index >= 15 is 0 Å². The van der Waals surface area contributed by atoms with Crippen molar-refractivity contribution in [1.29, 1.82) is 0 Å². The van der Waals surface area contributed by atoms with Crippen LogP contribution in [0.15, 0.2) is 77.8 Å². The van der Waals surface area contributed by atoms with Gasteiger partial charge in [0.05, 0.1) is 25.6 Å². The van der Waals surface area contributed by atoms with Gasteiger partial charge in [0.15, 0.2) is 5.17 Å². The molecule has 0 spiro atoms. The Kier molecular flexibility index (Phi) is 7.40. The number of aliphatic imine (C=N–C) groups is 1. The second kappa shape index (κ2) is 10.6. The number of thioether (sulfide) groups is 1. The molecule has 1 aliphatic rings. The Morgan fingerprint density at radius 2 is 1.56 bits per heavy atom. The van der Waals surface area contributed by atoms with Crippen LogP contribution < -0.4 is 19.7 Å². The highest BCUT2D eigenvalue weighted by Crippen LogP contribution is 2.36. The molecule has 1 N–H and O–H groups in total. The molecule has 1 fully saturated rings. The third kappa shape index (κ3) is 5.52. The van der Waals surface area contributed by atoms with Crippen molar-refractivity contribution in [2.45, 2.75) is 11.7 Å². The zero-order chi connectivity index (χ0) is 24.1. The van der Waals surface area contributed by atoms with E-state index in [-0.39, 0.29) is 18.2 Å². The lowest BCUT2D eigenvalue weighted by atomic mass is 10.2. The monoisotopic (exact) mass is 495 g/mol. The van der Waals surface area contributed by atoms with Gasteiger partial charge in [-0.05, 0) is 72.8 Å². The van der Waals surface area contributed by atoms with Gasteiger partial charge in [-0.1, -0.05) is 23.4 Å². The molecule has 0 aromatic heterocycles. The van der Waals surface area contributed by atoms with E-state index in [2.05, 4.69) is 10.3 Å². The summed E-state index contributed by atoms with van der Waals surface area (Å²) in [6.07, 6.45) is 0.000410. The first-order valence-electron chi connectivity index (χ1n) is 10.4. The van der Waals surface area contributed by atoms with Crippen LogP contribution in [0, 0.1) is 0 Å². The summed E-state index contributed by atoms with van der Waals surface area (Å²) in [5.41, 5.74) is 1.93. The topological polar surface area (TPSA) is 80.2 Å². The smallest absolute Gasteiger partial charge is 0.247 e. The van der Waals surface area contributed by atoms with E-state index in [1.807, 2.05) is 12.1 Å². The molecule has 34 heavy (non-hydrogen) atoms. The number of nitrogens with zero attached hydrogens (tertiary/aromatic N) is 2. The molecule has 174 valence electrons. The number of carbonyl (C=O) groups excluding carboxylic acids is 2. The minimum Gasteiger partial charge on any atom is -0.497 e. The van der Waals surface area contributed by atoms with Crippen molar-refractivity contribution < 1.29 is 19.1 Å². The normalized spacial score (nSPS) is 16.6. The van der Waals surface area contributed by atoms with Gasteiger partial charge in [0.1, 0.15) is 16.7 Å². The fourth-order valence-corrected chi connectivity index (χ4v) is 4.60. The van der Waals surface area contributed by atoms with Crippen molar-refractivity contribution >= 4 is 57.4 Å². The summed E-state index contributed by atoms with van der Waals surface area (Å²) in [6, 6.07) is 21.2. The molecule has 0 saturated carbocycles. The molecule has 1 heterocycles. The van der Waals surface area contributed by atoms with E-state index in [9.17, 15) is 9.59 Å². The quantitative estimate of drug-likeness (QED) is 0.466. The lowest BCUT2D eigenvalue weighted by Crippen LogP contribution is -2.33. The Hall–Kier alpha value is -3.49. The SMILES string of the molecule is COc1ccc(N=C2S[C@H](CC(=O)Nc3ccc(Cl)cc3)C(=O)N2c2ccc(OC)cc2)cc1. The van der Waals surface area contributed by atoms with Crippen LogP contribution in [0.5, 0.6) is 11.5 Å². The van der Waals surface area contributed by atoms with Crippen LogP contribution in [-0.4, -0.2) is 36.5 Å². The molecule has 1 atom stereocenters. The number of ether oxygens (including phenoxy) is 2. The number of amidine groups is 1. The molecule has 9 heteroatoms. The number of halogens is 1. The number of hydrogen-bond acceptors (Lipinski definition) is 6. The molecule has 0 bridgehead atoms. The van der Waals surface area contributed by atoms with E-state index in [0.29, 0.717) is 38.8 Å². The van der Waals surface area contributed by atoms with Crippen molar-refractivity contribution in [1.82, 2.24) is 0 Å². The van der Waals surface area contributed by atoms with Gasteiger partial charge in [0.25, 0.3) is 0 Å². The minimum absolute atomic E-state index is 0.000410. The Labute approximate surface area is 206 Å². The molecule has 2 amide bonds. The Balaban J connectivity index is 1.58. The van der Waals surface area contributed by atoms with Gasteiger partial charge in [0.2, 0.25) is 11.8 Å². The molecule has 3 aromatic carbocycles. The van der Waals surface area contributed by atoms with Crippen LogP contribution in [0.3, 0.4) is 0 Å². The fraction of sp³-hybridized carbons (Fsp3) is 0.160. The van der Waals surface area contributed by atoms with Gasteiger partial charge in [-0.25, -0.2) is 4.99 Å². The molecule has 0 aliphatic carbocycles. The molecule has 1 aliphatic heterocycles. The molecule has 4 rings (SSSR count). The minimum atomic E-state index is -0.619. The van der Waals surface area contributed by atoms with Gasteiger partial charge in [-0.15, -0.1) is 0 Å². The van der Waals surface area contributed by atoms with E-state index in [0.717, 1.165) is 0 Å². The fourth-order valence-electron chi connectivity index (χ4n) is 3.32. The van der Waals surface area contributed by atoms with Crippen LogP contribution in [0.1, 0.15) is 6.42 Å². The summed E-state index contributed by atoms with van der Waals surface area (Å²) in [5, 5.41) is 3.26. The highest BCUT2D eigenvalue weighted by molar-refractivity contribution is 8.16. The summed E-state index contributed by atoms with van der Waals surface area (Å²) in [4.78, 5) is 32.3. The van der Waals surface area contributed by atoms with E-state index in [1.54, 1.807) is 74.9 Å². The van der Waals surface area contributed by atoms with Crippen LogP contribution in [0.4, 0.5) is 17.1 Å². The number of carbonyl (C=O) groups is 2. The predicted octanol–water partition coefficient (Wildman–Crippen LogP) is 5.52. The van der Waals surface area contributed by atoms with Crippen molar-refractivity contribution in [3.05, 3.63) is 77.8 Å². The van der Waals surface area contributed by atoms with E-state index in [4.69, 9.17) is 21.1 Å². The second-order valence-electron chi connectivity index (χ2n) is 7.33. The lowest BCUT2D eigenvalue weighted by Gasteiger charge is -2.17. The summed E-state index contributed by atoms with van der Waals surface area (Å²) < 4.78 is 10.4. The molecule has 1 saturated heterocycles. The first-order chi connectivity index (χ1) is 16.5. The number of benzene rings is 3. The van der Waals surface area contributed by atoms with E-state index < -0.39 is 5.25 Å². The van der Waals surface area contributed by atoms with Crippen molar-refractivity contribution in [2.75, 3.05) is 24.4 Å². The summed E-state index contributed by atoms with van der Waals surface area (Å²) in [5.74, 6) is 0.903. The van der Waals surface area contributed by atoms with Crippen LogP contribution in [-0.2, 0) is 9.59 Å². The van der Waals surface area contributed by atoms with Crippen LogP contribution >= 0.6 is 23.4 Å². The average molecular weight is 496 g/mol. The van der Waals surface area contributed by atoms with E-state index in [1.165, 1.54) is 16.7 Å². The van der Waals surface area contributed by atoms with Gasteiger partial charge >= 0.3 is 0 Å². The summed E-state index contributed by atoms with van der Waals surface area (Å²) >= 11 is 7.16. The van der Waals surface area contributed by atoms with Gasteiger partial charge in [-0.3, -0.25) is 14.5 Å². The largest absolute Gasteiger partial charge is 0.497 e. The van der Waals surface area contributed by atoms with Crippen LogP contribution in [0.25, 0.3) is 0 Å². The lowest BCUT2D eigenvalue weighted by molar-refractivity contribution is -0.121. The summed E-state index contributed by atoms with van der Waals surface area (Å²) in [7, 11) is 3.18. The highest BCUT2D eigenvalue weighted by atomic mass is 35.5. The first-order valence-corrected chi connectivity index (χ1v) is 11.7. The Bertz CT molecular complexity index is 1200. The van der Waals surface area contributed by atoms with Crippen molar-refractivity contribution in [3.8, 4) is 11.5 Å². The summed E-state index contributed by atoms with van der Waals surface area (Å²) in [6.45, 7) is 0. The maximum Gasteiger partial charge on any atom is 0.247 e. The molecule has 0 radical (unpaired) electrons. The average Bonchev–Trinajstić information content (AvgIpc) is 3.15. The maximum absolute atomic E-state index is 13.4. The zero-order valence-electron chi connectivity index (χ0n) is 18.5. The number of amides is 2. The van der Waals surface area contributed by atoms with Gasteiger partial charge in [0, 0.05) is 17.1 Å².